The number of nitro groups is 1. The number of hydrogen-bond donors (Lipinski definition) is 0. The molecule has 0 aliphatic carbocycles. The molecule has 1 amide bonds. The molecule has 17 heavy (non-hydrogen) atoms. The van der Waals surface area contributed by atoms with E-state index in [0.29, 0.717) is 0 Å². The number of non-ortho nitro benzene ring substituents is 1. The monoisotopic (exact) mass is 253 g/mol. The molecule has 1 aromatic carbocycles. The highest BCUT2D eigenvalue weighted by Crippen LogP contribution is 2.23. The summed E-state index contributed by atoms with van der Waals surface area (Å²) in [6, 6.07) is 5.40. The van der Waals surface area contributed by atoms with E-state index < -0.39 is 10.8 Å². The highest BCUT2D eigenvalue weighted by molar-refractivity contribution is 6.33. The van der Waals surface area contributed by atoms with Crippen LogP contribution in [0.3, 0.4) is 0 Å². The van der Waals surface area contributed by atoms with Crippen LogP contribution in [0.25, 0.3) is 0 Å². The fraction of sp³-hybridized carbons (Fsp3) is 0.200. The average Bonchev–Trinajstić information content (AvgIpc) is 2.28. The van der Waals surface area contributed by atoms with Crippen molar-refractivity contribution >= 4 is 23.2 Å². The molecule has 1 rings (SSSR count). The minimum Gasteiger partial charge on any atom is -0.328 e. The Balaban J connectivity index is 3.13. The van der Waals surface area contributed by atoms with Gasteiger partial charge in [0.05, 0.1) is 21.6 Å². The standard InChI is InChI=1S/C10H8ClN3O3/c1-13(5-4-12)10(15)8-6-7(14(16)17)2-3-9(8)11/h2-3,6H,5H2,1H3. The fourth-order valence-corrected chi connectivity index (χ4v) is 1.37. The van der Waals surface area contributed by atoms with Crippen LogP contribution in [-0.2, 0) is 0 Å². The zero-order chi connectivity index (χ0) is 13.0. The second kappa shape index (κ2) is 5.27. The Kier molecular flexibility index (Phi) is 4.01. The summed E-state index contributed by atoms with van der Waals surface area (Å²) < 4.78 is 0. The van der Waals surface area contributed by atoms with Crippen LogP contribution >= 0.6 is 11.6 Å². The van der Waals surface area contributed by atoms with Crippen molar-refractivity contribution in [3.05, 3.63) is 38.9 Å². The summed E-state index contributed by atoms with van der Waals surface area (Å²) in [7, 11) is 1.42. The maximum absolute atomic E-state index is 11.8. The van der Waals surface area contributed by atoms with Gasteiger partial charge in [0.15, 0.2) is 0 Å². The van der Waals surface area contributed by atoms with Gasteiger partial charge < -0.3 is 4.90 Å². The smallest absolute Gasteiger partial charge is 0.270 e. The van der Waals surface area contributed by atoms with Crippen LogP contribution in [0.2, 0.25) is 5.02 Å². The zero-order valence-corrected chi connectivity index (χ0v) is 9.64. The van der Waals surface area contributed by atoms with Crippen LogP contribution in [0.4, 0.5) is 5.69 Å². The van der Waals surface area contributed by atoms with Crippen molar-refractivity contribution in [3.8, 4) is 6.07 Å². The van der Waals surface area contributed by atoms with Gasteiger partial charge in [0.25, 0.3) is 11.6 Å². The topological polar surface area (TPSA) is 87.2 Å². The molecule has 0 atom stereocenters. The molecule has 0 aliphatic heterocycles. The second-order valence-electron chi connectivity index (χ2n) is 3.24. The Labute approximate surface area is 102 Å². The third-order valence-corrected chi connectivity index (χ3v) is 2.38. The number of hydrogen-bond acceptors (Lipinski definition) is 4. The van der Waals surface area contributed by atoms with Crippen molar-refractivity contribution in [2.45, 2.75) is 0 Å². The normalized spacial score (nSPS) is 9.47. The molecule has 0 radical (unpaired) electrons. The lowest BCUT2D eigenvalue weighted by Crippen LogP contribution is -2.27. The molecule has 0 spiro atoms. The maximum atomic E-state index is 11.8. The number of halogens is 1. The van der Waals surface area contributed by atoms with Crippen LogP contribution in [0.1, 0.15) is 10.4 Å². The number of carbonyl (C=O) groups is 1. The van der Waals surface area contributed by atoms with Crippen molar-refractivity contribution in [1.82, 2.24) is 4.90 Å². The predicted octanol–water partition coefficient (Wildman–Crippen LogP) is 1.84. The molecule has 6 nitrogen and oxygen atoms in total. The van der Waals surface area contributed by atoms with Crippen molar-refractivity contribution in [3.63, 3.8) is 0 Å². The quantitative estimate of drug-likeness (QED) is 0.467. The summed E-state index contributed by atoms with van der Waals surface area (Å²) in [6.45, 7) is -0.113. The molecule has 0 aliphatic rings. The molecular weight excluding hydrogens is 246 g/mol. The number of amides is 1. The molecule has 0 bridgehead atoms. The molecule has 0 aromatic heterocycles. The Bertz CT molecular complexity index is 510. The van der Waals surface area contributed by atoms with E-state index in [1.807, 2.05) is 0 Å². The third kappa shape index (κ3) is 2.92. The van der Waals surface area contributed by atoms with Gasteiger partial charge in [-0.3, -0.25) is 14.9 Å². The summed E-state index contributed by atoms with van der Waals surface area (Å²) in [4.78, 5) is 22.9. The maximum Gasteiger partial charge on any atom is 0.270 e. The van der Waals surface area contributed by atoms with Crippen molar-refractivity contribution < 1.29 is 9.72 Å². The lowest BCUT2D eigenvalue weighted by molar-refractivity contribution is -0.384. The SMILES string of the molecule is CN(CC#N)C(=O)c1cc([N+](=O)[O-])ccc1Cl. The number of rotatable bonds is 3. The lowest BCUT2D eigenvalue weighted by atomic mass is 10.2. The highest BCUT2D eigenvalue weighted by Gasteiger charge is 2.18. The van der Waals surface area contributed by atoms with E-state index in [1.54, 1.807) is 6.07 Å². The number of nitro benzene ring substituents is 1. The van der Waals surface area contributed by atoms with E-state index in [4.69, 9.17) is 16.9 Å². The van der Waals surface area contributed by atoms with Crippen LogP contribution in [0, 0.1) is 21.4 Å². The van der Waals surface area contributed by atoms with Crippen molar-refractivity contribution in [2.24, 2.45) is 0 Å². The zero-order valence-electron chi connectivity index (χ0n) is 8.88. The summed E-state index contributed by atoms with van der Waals surface area (Å²) in [5.74, 6) is -0.528. The Hall–Kier alpha value is -2.13. The van der Waals surface area contributed by atoms with E-state index in [0.717, 1.165) is 11.0 Å². The summed E-state index contributed by atoms with van der Waals surface area (Å²) in [5.41, 5.74) is -0.207. The Morgan fingerprint density at radius 3 is 2.82 bits per heavy atom. The first kappa shape index (κ1) is 12.9. The van der Waals surface area contributed by atoms with Crippen molar-refractivity contribution in [2.75, 3.05) is 13.6 Å². The van der Waals surface area contributed by atoms with Gasteiger partial charge in [0.1, 0.15) is 6.54 Å². The van der Waals surface area contributed by atoms with Gasteiger partial charge in [-0.2, -0.15) is 5.26 Å². The molecule has 0 saturated carbocycles. The molecule has 1 aromatic rings. The van der Waals surface area contributed by atoms with Gasteiger partial charge in [-0.15, -0.1) is 0 Å². The minimum absolute atomic E-state index is 0.0126. The van der Waals surface area contributed by atoms with Gasteiger partial charge in [0.2, 0.25) is 0 Å². The summed E-state index contributed by atoms with van der Waals surface area (Å²) in [6.07, 6.45) is 0. The largest absolute Gasteiger partial charge is 0.328 e. The molecular formula is C10H8ClN3O3. The summed E-state index contributed by atoms with van der Waals surface area (Å²) >= 11 is 5.79. The van der Waals surface area contributed by atoms with Crippen LogP contribution in [0.5, 0.6) is 0 Å². The third-order valence-electron chi connectivity index (χ3n) is 2.05. The van der Waals surface area contributed by atoms with Gasteiger partial charge in [-0.05, 0) is 6.07 Å². The van der Waals surface area contributed by atoms with E-state index in [2.05, 4.69) is 0 Å². The van der Waals surface area contributed by atoms with Crippen LogP contribution in [0.15, 0.2) is 18.2 Å². The first-order valence-corrected chi connectivity index (χ1v) is 4.91. The van der Waals surface area contributed by atoms with Crippen LogP contribution < -0.4 is 0 Å². The fourth-order valence-electron chi connectivity index (χ4n) is 1.17. The number of benzene rings is 1. The number of carbonyl (C=O) groups excluding carboxylic acids is 1. The average molecular weight is 254 g/mol. The van der Waals surface area contributed by atoms with E-state index in [-0.39, 0.29) is 22.8 Å². The predicted molar refractivity (Wildman–Crippen MR) is 60.7 cm³/mol. The molecule has 7 heteroatoms. The van der Waals surface area contributed by atoms with Crippen molar-refractivity contribution in [1.29, 1.82) is 5.26 Å². The summed E-state index contributed by atoms with van der Waals surface area (Å²) in [5, 5.41) is 19.1. The van der Waals surface area contributed by atoms with Gasteiger partial charge in [0, 0.05) is 19.2 Å². The molecule has 88 valence electrons. The van der Waals surface area contributed by atoms with E-state index >= 15 is 0 Å². The van der Waals surface area contributed by atoms with Gasteiger partial charge >= 0.3 is 0 Å². The number of nitriles is 1. The Morgan fingerprint density at radius 2 is 2.29 bits per heavy atom. The highest BCUT2D eigenvalue weighted by atomic mass is 35.5. The van der Waals surface area contributed by atoms with E-state index in [1.165, 1.54) is 19.2 Å². The minimum atomic E-state index is -0.614. The molecule has 0 heterocycles. The first-order chi connectivity index (χ1) is 7.97. The van der Waals surface area contributed by atoms with Gasteiger partial charge in [-0.25, -0.2) is 0 Å². The van der Waals surface area contributed by atoms with Crippen LogP contribution in [-0.4, -0.2) is 29.3 Å². The Morgan fingerprint density at radius 1 is 1.65 bits per heavy atom. The first-order valence-electron chi connectivity index (χ1n) is 4.53. The molecule has 0 fully saturated rings. The lowest BCUT2D eigenvalue weighted by Gasteiger charge is -2.13. The second-order valence-corrected chi connectivity index (χ2v) is 3.65. The molecule has 0 N–H and O–H groups in total. The van der Waals surface area contributed by atoms with Gasteiger partial charge in [-0.1, -0.05) is 11.6 Å². The number of nitrogens with zero attached hydrogens (tertiary/aromatic N) is 3. The molecule has 0 saturated heterocycles. The molecule has 0 unspecified atom stereocenters. The van der Waals surface area contributed by atoms with E-state index in [9.17, 15) is 14.9 Å².